The Hall–Kier alpha value is -2.77. The predicted molar refractivity (Wildman–Crippen MR) is 95.1 cm³/mol. The Kier molecular flexibility index (Phi) is 5.25. The number of alkyl halides is 3. The Labute approximate surface area is 155 Å². The SMILES string of the molecule is COc1ccc2c(n1)C[C@@H](CNC(C)=O)CN2c1ccc(C(F)(F)F)cc1. The van der Waals surface area contributed by atoms with Crippen molar-refractivity contribution in [3.8, 4) is 5.88 Å². The van der Waals surface area contributed by atoms with Gasteiger partial charge in [0.25, 0.3) is 0 Å². The van der Waals surface area contributed by atoms with Crippen molar-refractivity contribution in [3.63, 3.8) is 0 Å². The van der Waals surface area contributed by atoms with E-state index in [1.165, 1.54) is 26.2 Å². The summed E-state index contributed by atoms with van der Waals surface area (Å²) >= 11 is 0. The first-order chi connectivity index (χ1) is 12.8. The Morgan fingerprint density at radius 2 is 1.96 bits per heavy atom. The topological polar surface area (TPSA) is 54.5 Å². The summed E-state index contributed by atoms with van der Waals surface area (Å²) in [7, 11) is 1.53. The summed E-state index contributed by atoms with van der Waals surface area (Å²) in [6, 6.07) is 8.64. The Balaban J connectivity index is 1.94. The van der Waals surface area contributed by atoms with Crippen LogP contribution < -0.4 is 15.0 Å². The second-order valence-electron chi connectivity index (χ2n) is 6.48. The van der Waals surface area contributed by atoms with E-state index in [0.717, 1.165) is 23.5 Å². The van der Waals surface area contributed by atoms with Crippen molar-refractivity contribution in [1.29, 1.82) is 0 Å². The minimum absolute atomic E-state index is 0.0725. The molecule has 0 fully saturated rings. The third kappa shape index (κ3) is 4.32. The van der Waals surface area contributed by atoms with Gasteiger partial charge in [0, 0.05) is 31.8 Å². The molecule has 1 amide bonds. The number of aromatic nitrogens is 1. The molecule has 2 aromatic rings. The number of pyridine rings is 1. The average Bonchev–Trinajstić information content (AvgIpc) is 2.64. The molecule has 5 nitrogen and oxygen atoms in total. The van der Waals surface area contributed by atoms with Crippen molar-refractivity contribution in [3.05, 3.63) is 47.7 Å². The molecule has 0 saturated carbocycles. The van der Waals surface area contributed by atoms with Crippen LogP contribution in [0.25, 0.3) is 0 Å². The highest BCUT2D eigenvalue weighted by molar-refractivity contribution is 5.73. The number of nitrogens with zero attached hydrogens (tertiary/aromatic N) is 2. The Bertz CT molecular complexity index is 822. The van der Waals surface area contributed by atoms with Crippen LogP contribution in [0, 0.1) is 5.92 Å². The van der Waals surface area contributed by atoms with Crippen molar-refractivity contribution in [2.75, 3.05) is 25.1 Å². The van der Waals surface area contributed by atoms with Crippen molar-refractivity contribution in [2.24, 2.45) is 5.92 Å². The lowest BCUT2D eigenvalue weighted by atomic mass is 9.95. The first kappa shape index (κ1) is 19.0. The number of rotatable bonds is 4. The molecule has 0 aliphatic carbocycles. The van der Waals surface area contributed by atoms with Crippen molar-refractivity contribution < 1.29 is 22.7 Å². The quantitative estimate of drug-likeness (QED) is 0.883. The molecule has 144 valence electrons. The van der Waals surface area contributed by atoms with E-state index >= 15 is 0 Å². The molecule has 0 saturated heterocycles. The molecule has 8 heteroatoms. The van der Waals surface area contributed by atoms with Gasteiger partial charge in [0.05, 0.1) is 24.1 Å². The number of hydrogen-bond acceptors (Lipinski definition) is 4. The van der Waals surface area contributed by atoms with E-state index in [1.807, 2.05) is 11.0 Å². The summed E-state index contributed by atoms with van der Waals surface area (Å²) in [5, 5.41) is 2.80. The number of hydrogen-bond donors (Lipinski definition) is 1. The Morgan fingerprint density at radius 3 is 2.56 bits per heavy atom. The number of nitrogens with one attached hydrogen (secondary N) is 1. The van der Waals surface area contributed by atoms with E-state index in [4.69, 9.17) is 4.74 Å². The highest BCUT2D eigenvalue weighted by Crippen LogP contribution is 2.37. The standard InChI is InChI=1S/C19H20F3N3O2/c1-12(26)23-10-13-9-16-17(7-8-18(24-16)27-2)25(11-13)15-5-3-14(4-6-15)19(20,21)22/h3-8,13H,9-11H2,1-2H3,(H,23,26)/t13-/m0/s1. The van der Waals surface area contributed by atoms with Gasteiger partial charge in [-0.2, -0.15) is 13.2 Å². The first-order valence-corrected chi connectivity index (χ1v) is 8.51. The lowest BCUT2D eigenvalue weighted by Crippen LogP contribution is -2.39. The number of carbonyl (C=O) groups excluding carboxylic acids is 1. The number of amides is 1. The van der Waals surface area contributed by atoms with Gasteiger partial charge in [-0.3, -0.25) is 4.79 Å². The van der Waals surface area contributed by atoms with E-state index in [-0.39, 0.29) is 11.8 Å². The summed E-state index contributed by atoms with van der Waals surface area (Å²) in [4.78, 5) is 17.7. The lowest BCUT2D eigenvalue weighted by Gasteiger charge is -2.35. The normalized spacial score (nSPS) is 16.6. The van der Waals surface area contributed by atoms with Gasteiger partial charge < -0.3 is 15.0 Å². The van der Waals surface area contributed by atoms with Gasteiger partial charge in [0.1, 0.15) is 0 Å². The van der Waals surface area contributed by atoms with Gasteiger partial charge in [-0.25, -0.2) is 4.98 Å². The van der Waals surface area contributed by atoms with Crippen molar-refractivity contribution in [2.45, 2.75) is 19.5 Å². The predicted octanol–water partition coefficient (Wildman–Crippen LogP) is 3.56. The fourth-order valence-corrected chi connectivity index (χ4v) is 3.18. The van der Waals surface area contributed by atoms with Gasteiger partial charge >= 0.3 is 6.18 Å². The van der Waals surface area contributed by atoms with Crippen LogP contribution >= 0.6 is 0 Å². The highest BCUT2D eigenvalue weighted by atomic mass is 19.4. The van der Waals surface area contributed by atoms with Gasteiger partial charge in [-0.05, 0) is 42.7 Å². The number of benzene rings is 1. The zero-order chi connectivity index (χ0) is 19.6. The molecule has 0 spiro atoms. The van der Waals surface area contributed by atoms with E-state index in [1.54, 1.807) is 6.07 Å². The molecular formula is C19H20F3N3O2. The van der Waals surface area contributed by atoms with Crippen LogP contribution in [-0.2, 0) is 17.4 Å². The summed E-state index contributed by atoms with van der Waals surface area (Å²) in [5.41, 5.74) is 1.57. The molecule has 27 heavy (non-hydrogen) atoms. The molecule has 0 unspecified atom stereocenters. The summed E-state index contributed by atoms with van der Waals surface area (Å²) in [5.74, 6) is 0.421. The molecule has 1 aliphatic rings. The summed E-state index contributed by atoms with van der Waals surface area (Å²) < 4.78 is 43.7. The van der Waals surface area contributed by atoms with Gasteiger partial charge in [0.2, 0.25) is 11.8 Å². The smallest absolute Gasteiger partial charge is 0.416 e. The van der Waals surface area contributed by atoms with Crippen LogP contribution in [-0.4, -0.2) is 31.1 Å². The monoisotopic (exact) mass is 379 g/mol. The molecule has 1 aromatic carbocycles. The maximum atomic E-state index is 12.8. The van der Waals surface area contributed by atoms with Crippen molar-refractivity contribution in [1.82, 2.24) is 10.3 Å². The van der Waals surface area contributed by atoms with E-state index in [0.29, 0.717) is 31.1 Å². The number of halogens is 3. The minimum atomic E-state index is -4.37. The fourth-order valence-electron chi connectivity index (χ4n) is 3.18. The molecule has 0 radical (unpaired) electrons. The largest absolute Gasteiger partial charge is 0.481 e. The second kappa shape index (κ2) is 7.46. The Morgan fingerprint density at radius 1 is 1.26 bits per heavy atom. The van der Waals surface area contributed by atoms with E-state index < -0.39 is 11.7 Å². The molecule has 1 aromatic heterocycles. The molecule has 0 bridgehead atoms. The number of anilines is 2. The number of methoxy groups -OCH3 is 1. The lowest BCUT2D eigenvalue weighted by molar-refractivity contribution is -0.137. The number of ether oxygens (including phenoxy) is 1. The summed E-state index contributed by atoms with van der Waals surface area (Å²) in [6.45, 7) is 2.48. The molecule has 1 aliphatic heterocycles. The molecule has 1 atom stereocenters. The van der Waals surface area contributed by atoms with Crippen LogP contribution in [0.2, 0.25) is 0 Å². The van der Waals surface area contributed by atoms with Crippen LogP contribution in [0.1, 0.15) is 18.2 Å². The molecule has 3 rings (SSSR count). The fraction of sp³-hybridized carbons (Fsp3) is 0.368. The van der Waals surface area contributed by atoms with Crippen LogP contribution in [0.5, 0.6) is 5.88 Å². The molecular weight excluding hydrogens is 359 g/mol. The minimum Gasteiger partial charge on any atom is -0.481 e. The second-order valence-corrected chi connectivity index (χ2v) is 6.48. The third-order valence-electron chi connectivity index (χ3n) is 4.49. The zero-order valence-electron chi connectivity index (χ0n) is 15.0. The maximum Gasteiger partial charge on any atom is 0.416 e. The van der Waals surface area contributed by atoms with Crippen molar-refractivity contribution >= 4 is 17.3 Å². The summed E-state index contributed by atoms with van der Waals surface area (Å²) in [6.07, 6.45) is -3.73. The average molecular weight is 379 g/mol. The van der Waals surface area contributed by atoms with E-state index in [9.17, 15) is 18.0 Å². The van der Waals surface area contributed by atoms with Crippen LogP contribution in [0.15, 0.2) is 36.4 Å². The molecule has 2 heterocycles. The maximum absolute atomic E-state index is 12.8. The van der Waals surface area contributed by atoms with Crippen LogP contribution in [0.3, 0.4) is 0 Å². The van der Waals surface area contributed by atoms with Gasteiger partial charge in [-0.1, -0.05) is 0 Å². The number of fused-ring (bicyclic) bond motifs is 1. The highest BCUT2D eigenvalue weighted by Gasteiger charge is 2.31. The van der Waals surface area contributed by atoms with E-state index in [2.05, 4.69) is 10.3 Å². The van der Waals surface area contributed by atoms with Gasteiger partial charge in [-0.15, -0.1) is 0 Å². The first-order valence-electron chi connectivity index (χ1n) is 8.51. The third-order valence-corrected chi connectivity index (χ3v) is 4.49. The van der Waals surface area contributed by atoms with Crippen LogP contribution in [0.4, 0.5) is 24.5 Å². The van der Waals surface area contributed by atoms with Gasteiger partial charge in [0.15, 0.2) is 0 Å². The molecule has 1 N–H and O–H groups in total. The number of carbonyl (C=O) groups is 1. The zero-order valence-corrected chi connectivity index (χ0v) is 15.0.